The fourth-order valence-electron chi connectivity index (χ4n) is 2.29. The standard InChI is InChI=1S/C18H14ClNO3S/c1-11-3-2-4-12(7-11)10-23-15-6-5-14(19)8-13(15)9-16-17(21)20-18(22)24-16/h2-9H,10H2,1H3,(H,20,21,22)/b16-9-. The van der Waals surface area contributed by atoms with Crippen LogP contribution in [0.3, 0.4) is 0 Å². The Morgan fingerprint density at radius 1 is 1.21 bits per heavy atom. The zero-order chi connectivity index (χ0) is 17.1. The summed E-state index contributed by atoms with van der Waals surface area (Å²) in [5, 5.41) is 2.38. The molecule has 3 rings (SSSR count). The van der Waals surface area contributed by atoms with E-state index < -0.39 is 5.91 Å². The normalized spacial score (nSPS) is 15.7. The highest BCUT2D eigenvalue weighted by atomic mass is 35.5. The predicted octanol–water partition coefficient (Wildman–Crippen LogP) is 4.55. The molecule has 24 heavy (non-hydrogen) atoms. The summed E-state index contributed by atoms with van der Waals surface area (Å²) < 4.78 is 5.88. The maximum atomic E-state index is 11.7. The molecule has 1 aliphatic heterocycles. The van der Waals surface area contributed by atoms with Gasteiger partial charge in [0.2, 0.25) is 0 Å². The Hall–Kier alpha value is -2.24. The number of imide groups is 1. The molecule has 1 heterocycles. The first kappa shape index (κ1) is 16.6. The van der Waals surface area contributed by atoms with Crippen molar-refractivity contribution in [3.05, 3.63) is 69.1 Å². The van der Waals surface area contributed by atoms with E-state index in [1.54, 1.807) is 24.3 Å². The van der Waals surface area contributed by atoms with Crippen molar-refractivity contribution < 1.29 is 14.3 Å². The third-order valence-corrected chi connectivity index (χ3v) is 4.42. The number of rotatable bonds is 4. The summed E-state index contributed by atoms with van der Waals surface area (Å²) in [5.74, 6) is 0.191. The molecule has 0 saturated carbocycles. The average Bonchev–Trinajstić information content (AvgIpc) is 2.84. The predicted molar refractivity (Wildman–Crippen MR) is 96.1 cm³/mol. The van der Waals surface area contributed by atoms with Crippen molar-refractivity contribution in [1.29, 1.82) is 0 Å². The first-order valence-corrected chi connectivity index (χ1v) is 8.43. The second-order valence-corrected chi connectivity index (χ2v) is 6.76. The lowest BCUT2D eigenvalue weighted by molar-refractivity contribution is -0.115. The third kappa shape index (κ3) is 3.99. The number of thioether (sulfide) groups is 1. The summed E-state index contributed by atoms with van der Waals surface area (Å²) in [6.45, 7) is 2.42. The number of carbonyl (C=O) groups is 2. The Morgan fingerprint density at radius 3 is 2.75 bits per heavy atom. The molecule has 0 atom stereocenters. The van der Waals surface area contributed by atoms with E-state index in [0.717, 1.165) is 22.9 Å². The molecule has 0 aromatic heterocycles. The van der Waals surface area contributed by atoms with Gasteiger partial charge >= 0.3 is 0 Å². The molecule has 6 heteroatoms. The van der Waals surface area contributed by atoms with Gasteiger partial charge < -0.3 is 4.74 Å². The Morgan fingerprint density at radius 2 is 2.04 bits per heavy atom. The molecule has 1 aliphatic rings. The topological polar surface area (TPSA) is 55.4 Å². The Balaban J connectivity index is 1.84. The van der Waals surface area contributed by atoms with Crippen LogP contribution in [-0.2, 0) is 11.4 Å². The third-order valence-electron chi connectivity index (χ3n) is 3.38. The minimum absolute atomic E-state index is 0.322. The highest BCUT2D eigenvalue weighted by molar-refractivity contribution is 8.18. The van der Waals surface area contributed by atoms with Crippen molar-refractivity contribution in [3.8, 4) is 5.75 Å². The van der Waals surface area contributed by atoms with Crippen LogP contribution in [0.5, 0.6) is 5.75 Å². The lowest BCUT2D eigenvalue weighted by atomic mass is 10.1. The molecule has 122 valence electrons. The number of amides is 2. The van der Waals surface area contributed by atoms with Crippen molar-refractivity contribution >= 4 is 40.6 Å². The van der Waals surface area contributed by atoms with Gasteiger partial charge in [-0.3, -0.25) is 14.9 Å². The van der Waals surface area contributed by atoms with Crippen molar-refractivity contribution in [1.82, 2.24) is 5.32 Å². The molecule has 1 N–H and O–H groups in total. The fraction of sp³-hybridized carbons (Fsp3) is 0.111. The van der Waals surface area contributed by atoms with E-state index in [-0.39, 0.29) is 5.24 Å². The minimum atomic E-state index is -0.408. The monoisotopic (exact) mass is 359 g/mol. The largest absolute Gasteiger partial charge is 0.488 e. The molecule has 4 nitrogen and oxygen atoms in total. The van der Waals surface area contributed by atoms with Crippen LogP contribution in [0.15, 0.2) is 47.4 Å². The van der Waals surface area contributed by atoms with Gasteiger partial charge in [-0.2, -0.15) is 0 Å². The van der Waals surface area contributed by atoms with Crippen LogP contribution in [0.4, 0.5) is 4.79 Å². The summed E-state index contributed by atoms with van der Waals surface area (Å²) in [6.07, 6.45) is 1.61. The van der Waals surface area contributed by atoms with Crippen LogP contribution in [0.25, 0.3) is 6.08 Å². The Bertz CT molecular complexity index is 848. The molecule has 0 aliphatic carbocycles. The lowest BCUT2D eigenvalue weighted by Gasteiger charge is -2.10. The highest BCUT2D eigenvalue weighted by Gasteiger charge is 2.25. The number of carbonyl (C=O) groups excluding carboxylic acids is 2. The van der Waals surface area contributed by atoms with Crippen molar-refractivity contribution in [2.75, 3.05) is 0 Å². The van der Waals surface area contributed by atoms with Crippen LogP contribution < -0.4 is 10.1 Å². The zero-order valence-corrected chi connectivity index (χ0v) is 14.4. The molecule has 0 radical (unpaired) electrons. The number of ether oxygens (including phenoxy) is 1. The number of hydrogen-bond donors (Lipinski definition) is 1. The van der Waals surface area contributed by atoms with Crippen LogP contribution in [-0.4, -0.2) is 11.1 Å². The molecule has 0 unspecified atom stereocenters. The van der Waals surface area contributed by atoms with E-state index in [1.807, 2.05) is 31.2 Å². The van der Waals surface area contributed by atoms with Gasteiger partial charge in [0.1, 0.15) is 12.4 Å². The summed E-state index contributed by atoms with van der Waals surface area (Å²) in [4.78, 5) is 23.3. The second kappa shape index (κ2) is 7.11. The lowest BCUT2D eigenvalue weighted by Crippen LogP contribution is -2.17. The van der Waals surface area contributed by atoms with Gasteiger partial charge in [-0.25, -0.2) is 0 Å². The summed E-state index contributed by atoms with van der Waals surface area (Å²) in [5.41, 5.74) is 2.86. The first-order chi connectivity index (χ1) is 11.5. The summed E-state index contributed by atoms with van der Waals surface area (Å²) in [6, 6.07) is 13.2. The van der Waals surface area contributed by atoms with E-state index in [1.165, 1.54) is 0 Å². The van der Waals surface area contributed by atoms with Crippen LogP contribution in [0.1, 0.15) is 16.7 Å². The van der Waals surface area contributed by atoms with Gasteiger partial charge in [-0.05, 0) is 48.5 Å². The average molecular weight is 360 g/mol. The molecular formula is C18H14ClNO3S. The van der Waals surface area contributed by atoms with E-state index >= 15 is 0 Å². The molecule has 1 fully saturated rings. The molecule has 0 spiro atoms. The van der Waals surface area contributed by atoms with Crippen LogP contribution in [0, 0.1) is 6.92 Å². The van der Waals surface area contributed by atoms with Crippen molar-refractivity contribution in [2.45, 2.75) is 13.5 Å². The molecule has 2 amide bonds. The summed E-state index contributed by atoms with van der Waals surface area (Å²) in [7, 11) is 0. The smallest absolute Gasteiger partial charge is 0.290 e. The summed E-state index contributed by atoms with van der Waals surface area (Å²) >= 11 is 6.91. The van der Waals surface area contributed by atoms with Gasteiger partial charge in [0.05, 0.1) is 4.91 Å². The minimum Gasteiger partial charge on any atom is -0.488 e. The number of benzene rings is 2. The molecule has 2 aromatic rings. The van der Waals surface area contributed by atoms with Crippen molar-refractivity contribution in [3.63, 3.8) is 0 Å². The number of hydrogen-bond acceptors (Lipinski definition) is 4. The molecule has 2 aromatic carbocycles. The quantitative estimate of drug-likeness (QED) is 0.813. The molecular weight excluding hydrogens is 346 g/mol. The van der Waals surface area contributed by atoms with E-state index in [4.69, 9.17) is 16.3 Å². The van der Waals surface area contributed by atoms with Crippen LogP contribution >= 0.6 is 23.4 Å². The molecule has 1 saturated heterocycles. The van der Waals surface area contributed by atoms with E-state index in [0.29, 0.717) is 27.8 Å². The Labute approximate surface area is 148 Å². The van der Waals surface area contributed by atoms with Crippen molar-refractivity contribution in [2.24, 2.45) is 0 Å². The molecule has 0 bridgehead atoms. The zero-order valence-electron chi connectivity index (χ0n) is 12.8. The van der Waals surface area contributed by atoms with Crippen LogP contribution in [0.2, 0.25) is 5.02 Å². The number of aryl methyl sites for hydroxylation is 1. The van der Waals surface area contributed by atoms with Gasteiger partial charge in [0.15, 0.2) is 0 Å². The van der Waals surface area contributed by atoms with Gasteiger partial charge in [0, 0.05) is 10.6 Å². The second-order valence-electron chi connectivity index (χ2n) is 5.31. The van der Waals surface area contributed by atoms with Gasteiger partial charge in [-0.1, -0.05) is 41.4 Å². The van der Waals surface area contributed by atoms with Gasteiger partial charge in [-0.15, -0.1) is 0 Å². The van der Waals surface area contributed by atoms with Gasteiger partial charge in [0.25, 0.3) is 11.1 Å². The first-order valence-electron chi connectivity index (χ1n) is 7.24. The van der Waals surface area contributed by atoms with E-state index in [2.05, 4.69) is 5.32 Å². The Kier molecular flexibility index (Phi) is 4.92. The maximum absolute atomic E-state index is 11.7. The fourth-order valence-corrected chi connectivity index (χ4v) is 3.14. The number of nitrogens with one attached hydrogen (secondary N) is 1. The SMILES string of the molecule is Cc1cccc(COc2ccc(Cl)cc2/C=C2\SC(=O)NC2=O)c1. The highest BCUT2D eigenvalue weighted by Crippen LogP contribution is 2.31. The number of halogens is 1. The van der Waals surface area contributed by atoms with E-state index in [9.17, 15) is 9.59 Å². The maximum Gasteiger partial charge on any atom is 0.290 e.